The van der Waals surface area contributed by atoms with E-state index in [4.69, 9.17) is 16.3 Å². The standard InChI is InChI=1S/C13H15ClF3NO/c14-7-12-9-18(5-6-19-12)8-10-1-3-11(4-2-10)13(15,16)17/h1-4,12H,5-9H2. The molecule has 0 aliphatic carbocycles. The smallest absolute Gasteiger partial charge is 0.374 e. The zero-order chi connectivity index (χ0) is 13.9. The molecule has 0 aromatic heterocycles. The molecule has 2 nitrogen and oxygen atoms in total. The van der Waals surface area contributed by atoms with E-state index in [-0.39, 0.29) is 6.10 Å². The van der Waals surface area contributed by atoms with Gasteiger partial charge in [0.2, 0.25) is 0 Å². The first-order valence-corrected chi connectivity index (χ1v) is 6.58. The highest BCUT2D eigenvalue weighted by Gasteiger charge is 2.30. The second-order valence-corrected chi connectivity index (χ2v) is 4.89. The number of alkyl halides is 4. The van der Waals surface area contributed by atoms with Gasteiger partial charge in [-0.25, -0.2) is 0 Å². The fourth-order valence-corrected chi connectivity index (χ4v) is 2.26. The lowest BCUT2D eigenvalue weighted by Gasteiger charge is -2.32. The van der Waals surface area contributed by atoms with Gasteiger partial charge in [-0.1, -0.05) is 12.1 Å². The number of ether oxygens (including phenoxy) is 1. The SMILES string of the molecule is FC(F)(F)c1ccc(CN2CCOC(CCl)C2)cc1. The van der Waals surface area contributed by atoms with Crippen LogP contribution < -0.4 is 0 Å². The summed E-state index contributed by atoms with van der Waals surface area (Å²) < 4.78 is 42.7. The van der Waals surface area contributed by atoms with Crippen molar-refractivity contribution in [2.45, 2.75) is 18.8 Å². The Labute approximate surface area is 115 Å². The number of morpholine rings is 1. The molecular formula is C13H15ClF3NO. The monoisotopic (exact) mass is 293 g/mol. The Kier molecular flexibility index (Phi) is 4.71. The molecular weight excluding hydrogens is 279 g/mol. The summed E-state index contributed by atoms with van der Waals surface area (Å²) >= 11 is 5.74. The summed E-state index contributed by atoms with van der Waals surface area (Å²) in [5, 5.41) is 0. The summed E-state index contributed by atoms with van der Waals surface area (Å²) in [6.45, 7) is 2.71. The molecule has 0 bridgehead atoms. The van der Waals surface area contributed by atoms with Crippen LogP contribution in [-0.2, 0) is 17.5 Å². The maximum absolute atomic E-state index is 12.4. The predicted octanol–water partition coefficient (Wildman–Crippen LogP) is 3.15. The Morgan fingerprint density at radius 1 is 1.26 bits per heavy atom. The summed E-state index contributed by atoms with van der Waals surface area (Å²) in [6, 6.07) is 5.28. The van der Waals surface area contributed by atoms with Gasteiger partial charge < -0.3 is 4.74 Å². The Morgan fingerprint density at radius 2 is 1.95 bits per heavy atom. The quantitative estimate of drug-likeness (QED) is 0.794. The summed E-state index contributed by atoms with van der Waals surface area (Å²) in [7, 11) is 0. The van der Waals surface area contributed by atoms with Gasteiger partial charge in [-0.2, -0.15) is 13.2 Å². The van der Waals surface area contributed by atoms with Gasteiger partial charge in [-0.3, -0.25) is 4.90 Å². The van der Waals surface area contributed by atoms with Crippen LogP contribution in [0.5, 0.6) is 0 Å². The first kappa shape index (κ1) is 14.6. The molecule has 0 amide bonds. The topological polar surface area (TPSA) is 12.5 Å². The average molecular weight is 294 g/mol. The van der Waals surface area contributed by atoms with Crippen LogP contribution in [0.4, 0.5) is 13.2 Å². The van der Waals surface area contributed by atoms with E-state index in [0.29, 0.717) is 25.6 Å². The van der Waals surface area contributed by atoms with Crippen LogP contribution in [0.1, 0.15) is 11.1 Å². The van der Waals surface area contributed by atoms with Crippen molar-refractivity contribution in [3.63, 3.8) is 0 Å². The third kappa shape index (κ3) is 4.09. The third-order valence-electron chi connectivity index (χ3n) is 3.08. The zero-order valence-electron chi connectivity index (χ0n) is 10.3. The second-order valence-electron chi connectivity index (χ2n) is 4.58. The first-order valence-electron chi connectivity index (χ1n) is 6.05. The summed E-state index contributed by atoms with van der Waals surface area (Å²) in [6.07, 6.45) is -4.27. The lowest BCUT2D eigenvalue weighted by molar-refractivity contribution is -0.137. The summed E-state index contributed by atoms with van der Waals surface area (Å²) in [5.41, 5.74) is 0.250. The van der Waals surface area contributed by atoms with E-state index in [0.717, 1.165) is 24.2 Å². The minimum atomic E-state index is -4.28. The van der Waals surface area contributed by atoms with E-state index < -0.39 is 11.7 Å². The van der Waals surface area contributed by atoms with Crippen LogP contribution in [0.3, 0.4) is 0 Å². The van der Waals surface area contributed by atoms with E-state index in [1.54, 1.807) is 0 Å². The van der Waals surface area contributed by atoms with Crippen molar-refractivity contribution in [3.8, 4) is 0 Å². The fraction of sp³-hybridized carbons (Fsp3) is 0.538. The minimum absolute atomic E-state index is 0.00450. The number of hydrogen-bond donors (Lipinski definition) is 0. The van der Waals surface area contributed by atoms with Crippen LogP contribution in [0.25, 0.3) is 0 Å². The Hall–Kier alpha value is -0.780. The normalized spacial score (nSPS) is 21.6. The van der Waals surface area contributed by atoms with Gasteiger partial charge in [-0.05, 0) is 17.7 Å². The minimum Gasteiger partial charge on any atom is -0.374 e. The molecule has 1 saturated heterocycles. The van der Waals surface area contributed by atoms with Gasteiger partial charge in [0.05, 0.1) is 18.3 Å². The highest BCUT2D eigenvalue weighted by atomic mass is 35.5. The van der Waals surface area contributed by atoms with Crippen molar-refractivity contribution < 1.29 is 17.9 Å². The third-order valence-corrected chi connectivity index (χ3v) is 3.43. The van der Waals surface area contributed by atoms with Gasteiger partial charge >= 0.3 is 6.18 Å². The molecule has 1 unspecified atom stereocenters. The molecule has 19 heavy (non-hydrogen) atoms. The van der Waals surface area contributed by atoms with E-state index in [1.165, 1.54) is 12.1 Å². The van der Waals surface area contributed by atoms with Gasteiger partial charge in [0.1, 0.15) is 0 Å². The number of rotatable bonds is 3. The maximum atomic E-state index is 12.4. The zero-order valence-corrected chi connectivity index (χ0v) is 11.0. The molecule has 1 aromatic rings. The van der Waals surface area contributed by atoms with Crippen molar-refractivity contribution in [1.82, 2.24) is 4.90 Å². The van der Waals surface area contributed by atoms with Crippen molar-refractivity contribution in [2.24, 2.45) is 0 Å². The van der Waals surface area contributed by atoms with Crippen LogP contribution in [0.15, 0.2) is 24.3 Å². The Morgan fingerprint density at radius 3 is 2.53 bits per heavy atom. The van der Waals surface area contributed by atoms with Crippen molar-refractivity contribution in [3.05, 3.63) is 35.4 Å². The highest BCUT2D eigenvalue weighted by molar-refractivity contribution is 6.18. The van der Waals surface area contributed by atoms with Crippen molar-refractivity contribution in [1.29, 1.82) is 0 Å². The molecule has 1 atom stereocenters. The molecule has 0 saturated carbocycles. The molecule has 6 heteroatoms. The van der Waals surface area contributed by atoms with E-state index in [2.05, 4.69) is 4.90 Å². The maximum Gasteiger partial charge on any atom is 0.416 e. The Balaban J connectivity index is 1.96. The molecule has 1 fully saturated rings. The number of benzene rings is 1. The molecule has 0 spiro atoms. The molecule has 1 aromatic carbocycles. The summed E-state index contributed by atoms with van der Waals surface area (Å²) in [5.74, 6) is 0.434. The number of hydrogen-bond acceptors (Lipinski definition) is 2. The Bertz CT molecular complexity index is 407. The van der Waals surface area contributed by atoms with Crippen LogP contribution >= 0.6 is 11.6 Å². The second kappa shape index (κ2) is 6.11. The molecule has 2 rings (SSSR count). The highest BCUT2D eigenvalue weighted by Crippen LogP contribution is 2.29. The lowest BCUT2D eigenvalue weighted by Crippen LogP contribution is -2.42. The van der Waals surface area contributed by atoms with E-state index >= 15 is 0 Å². The largest absolute Gasteiger partial charge is 0.416 e. The fourth-order valence-electron chi connectivity index (χ4n) is 2.07. The predicted molar refractivity (Wildman–Crippen MR) is 67.2 cm³/mol. The number of halogens is 4. The molecule has 0 radical (unpaired) electrons. The van der Waals surface area contributed by atoms with Crippen LogP contribution in [0.2, 0.25) is 0 Å². The summed E-state index contributed by atoms with van der Waals surface area (Å²) in [4.78, 5) is 2.14. The van der Waals surface area contributed by atoms with Gasteiger partial charge in [-0.15, -0.1) is 11.6 Å². The van der Waals surface area contributed by atoms with Gasteiger partial charge in [0.25, 0.3) is 0 Å². The van der Waals surface area contributed by atoms with Crippen molar-refractivity contribution >= 4 is 11.6 Å². The lowest BCUT2D eigenvalue weighted by atomic mass is 10.1. The molecule has 1 aliphatic rings. The first-order chi connectivity index (χ1) is 8.99. The molecule has 1 aliphatic heterocycles. The van der Waals surface area contributed by atoms with Crippen LogP contribution in [0, 0.1) is 0 Å². The molecule has 1 heterocycles. The number of nitrogens with zero attached hydrogens (tertiary/aromatic N) is 1. The van der Waals surface area contributed by atoms with E-state index in [1.807, 2.05) is 0 Å². The van der Waals surface area contributed by atoms with Crippen molar-refractivity contribution in [2.75, 3.05) is 25.6 Å². The molecule has 0 N–H and O–H groups in total. The van der Waals surface area contributed by atoms with Crippen LogP contribution in [-0.4, -0.2) is 36.6 Å². The molecule has 106 valence electrons. The van der Waals surface area contributed by atoms with E-state index in [9.17, 15) is 13.2 Å². The van der Waals surface area contributed by atoms with Gasteiger partial charge in [0, 0.05) is 25.5 Å². The average Bonchev–Trinajstić information content (AvgIpc) is 2.38. The van der Waals surface area contributed by atoms with Gasteiger partial charge in [0.15, 0.2) is 0 Å².